The summed E-state index contributed by atoms with van der Waals surface area (Å²) in [6.07, 6.45) is 2.87. The van der Waals surface area contributed by atoms with Gasteiger partial charge in [0.05, 0.1) is 6.26 Å². The summed E-state index contributed by atoms with van der Waals surface area (Å²) in [4.78, 5) is 0. The average molecular weight is 204 g/mol. The summed E-state index contributed by atoms with van der Waals surface area (Å²) in [5, 5.41) is 16.6. The Morgan fingerprint density at radius 1 is 1.15 bits per heavy atom. The third-order valence-electron chi connectivity index (χ3n) is 1.26. The van der Waals surface area contributed by atoms with Gasteiger partial charge in [0.25, 0.3) is 0 Å². The molecule has 0 aliphatic heterocycles. The summed E-state index contributed by atoms with van der Waals surface area (Å²) in [6, 6.07) is 9.43. The van der Waals surface area contributed by atoms with E-state index in [1.165, 1.54) is 6.26 Å². The van der Waals surface area contributed by atoms with Crippen molar-refractivity contribution in [3.05, 3.63) is 42.2 Å². The van der Waals surface area contributed by atoms with Crippen molar-refractivity contribution in [2.75, 3.05) is 0 Å². The number of hydrogen-bond donors (Lipinski definition) is 2. The van der Waals surface area contributed by atoms with E-state index in [0.29, 0.717) is 0 Å². The van der Waals surface area contributed by atoms with Crippen molar-refractivity contribution in [1.29, 1.82) is 0 Å². The maximum atomic E-state index is 8.31. The second kappa shape index (κ2) is 7.75. The quantitative estimate of drug-likeness (QED) is 0.538. The molecule has 0 amide bonds. The maximum absolute atomic E-state index is 8.31. The Morgan fingerprint density at radius 3 is 2.31 bits per heavy atom. The van der Waals surface area contributed by atoms with Crippen LogP contribution in [0.5, 0.6) is 0 Å². The van der Waals surface area contributed by atoms with Crippen LogP contribution in [0.3, 0.4) is 0 Å². The molecular formula is C8H10BKO3. The Bertz CT molecular complexity index is 251. The van der Waals surface area contributed by atoms with Gasteiger partial charge >= 0.3 is 58.7 Å². The van der Waals surface area contributed by atoms with Crippen molar-refractivity contribution >= 4 is 64.8 Å². The van der Waals surface area contributed by atoms with Gasteiger partial charge in [-0.25, -0.2) is 0 Å². The van der Waals surface area contributed by atoms with Crippen LogP contribution >= 0.6 is 0 Å². The van der Waals surface area contributed by atoms with E-state index in [0.717, 1.165) is 5.56 Å². The number of hydrogen-bond acceptors (Lipinski definition) is 3. The van der Waals surface area contributed by atoms with Gasteiger partial charge < -0.3 is 14.7 Å². The monoisotopic (exact) mass is 204 g/mol. The van der Waals surface area contributed by atoms with Crippen LogP contribution in [0, 0.1) is 0 Å². The molecule has 0 fully saturated rings. The standard InChI is InChI=1S/C8H9BO3.K.H/c10-9(11)12-7-6-8-4-2-1-3-5-8;;/h1-7,10-11H;;. The molecule has 0 aromatic heterocycles. The molecule has 0 heterocycles. The molecule has 64 valence electrons. The Hall–Kier alpha value is 0.381. The van der Waals surface area contributed by atoms with E-state index in [1.54, 1.807) is 6.08 Å². The second-order valence-electron chi connectivity index (χ2n) is 2.18. The third kappa shape index (κ3) is 6.45. The van der Waals surface area contributed by atoms with Crippen LogP contribution in [0.1, 0.15) is 5.56 Å². The van der Waals surface area contributed by atoms with Crippen LogP contribution in [-0.4, -0.2) is 68.8 Å². The van der Waals surface area contributed by atoms with E-state index in [9.17, 15) is 0 Å². The third-order valence-corrected chi connectivity index (χ3v) is 1.26. The predicted octanol–water partition coefficient (Wildman–Crippen LogP) is -0.00510. The van der Waals surface area contributed by atoms with Gasteiger partial charge in [-0.2, -0.15) is 0 Å². The van der Waals surface area contributed by atoms with Crippen LogP contribution in [0.25, 0.3) is 6.08 Å². The van der Waals surface area contributed by atoms with E-state index >= 15 is 0 Å². The molecule has 0 unspecified atom stereocenters. The van der Waals surface area contributed by atoms with Crippen LogP contribution in [0.2, 0.25) is 0 Å². The minimum atomic E-state index is -1.75. The molecule has 0 saturated carbocycles. The van der Waals surface area contributed by atoms with Crippen molar-refractivity contribution in [3.63, 3.8) is 0 Å². The first-order chi connectivity index (χ1) is 5.79. The van der Waals surface area contributed by atoms with E-state index in [-0.39, 0.29) is 51.4 Å². The fraction of sp³-hybridized carbons (Fsp3) is 0. The molecule has 0 spiro atoms. The van der Waals surface area contributed by atoms with Crippen LogP contribution in [0.15, 0.2) is 36.6 Å². The van der Waals surface area contributed by atoms with E-state index in [1.807, 2.05) is 30.3 Å². The summed E-state index contributed by atoms with van der Waals surface area (Å²) in [7, 11) is -1.75. The molecule has 0 saturated heterocycles. The van der Waals surface area contributed by atoms with Crippen LogP contribution in [0.4, 0.5) is 0 Å². The summed E-state index contributed by atoms with van der Waals surface area (Å²) < 4.78 is 4.38. The summed E-state index contributed by atoms with van der Waals surface area (Å²) in [5.74, 6) is 0. The molecule has 3 nitrogen and oxygen atoms in total. The fourth-order valence-electron chi connectivity index (χ4n) is 0.752. The Balaban J connectivity index is 0.00000144. The summed E-state index contributed by atoms with van der Waals surface area (Å²) >= 11 is 0. The molecule has 1 aromatic rings. The molecule has 5 heteroatoms. The average Bonchev–Trinajstić information content (AvgIpc) is 2.05. The normalized spacial score (nSPS) is 9.38. The SMILES string of the molecule is OB(O)OC=Cc1ccccc1.[KH]. The topological polar surface area (TPSA) is 49.7 Å². The van der Waals surface area contributed by atoms with E-state index in [4.69, 9.17) is 10.0 Å². The first kappa shape index (κ1) is 13.4. The van der Waals surface area contributed by atoms with Crippen LogP contribution < -0.4 is 0 Å². The molecule has 0 radical (unpaired) electrons. The zero-order valence-corrected chi connectivity index (χ0v) is 6.42. The molecule has 0 aliphatic rings. The molecule has 2 N–H and O–H groups in total. The second-order valence-corrected chi connectivity index (χ2v) is 2.18. The number of rotatable bonds is 3. The fourth-order valence-corrected chi connectivity index (χ4v) is 0.752. The first-order valence-electron chi connectivity index (χ1n) is 3.52. The van der Waals surface area contributed by atoms with Gasteiger partial charge in [-0.15, -0.1) is 0 Å². The minimum absolute atomic E-state index is 0. The summed E-state index contributed by atoms with van der Waals surface area (Å²) in [6.45, 7) is 0. The van der Waals surface area contributed by atoms with Gasteiger partial charge in [-0.05, 0) is 11.6 Å². The van der Waals surface area contributed by atoms with Gasteiger partial charge in [-0.1, -0.05) is 30.3 Å². The van der Waals surface area contributed by atoms with Gasteiger partial charge in [0.1, 0.15) is 0 Å². The zero-order valence-electron chi connectivity index (χ0n) is 6.42. The Labute approximate surface area is 120 Å². The van der Waals surface area contributed by atoms with Crippen molar-refractivity contribution in [1.82, 2.24) is 0 Å². The number of benzene rings is 1. The first-order valence-corrected chi connectivity index (χ1v) is 3.52. The van der Waals surface area contributed by atoms with Crippen molar-refractivity contribution in [2.45, 2.75) is 0 Å². The molecule has 0 aliphatic carbocycles. The molecule has 13 heavy (non-hydrogen) atoms. The van der Waals surface area contributed by atoms with Crippen molar-refractivity contribution in [2.24, 2.45) is 0 Å². The van der Waals surface area contributed by atoms with Gasteiger partial charge in [0, 0.05) is 0 Å². The molecule has 0 bridgehead atoms. The Morgan fingerprint density at radius 2 is 1.77 bits per heavy atom. The van der Waals surface area contributed by atoms with Gasteiger partial charge in [0.2, 0.25) is 0 Å². The van der Waals surface area contributed by atoms with E-state index < -0.39 is 7.32 Å². The van der Waals surface area contributed by atoms with Gasteiger partial charge in [0.15, 0.2) is 0 Å². The molecule has 1 rings (SSSR count). The van der Waals surface area contributed by atoms with Crippen LogP contribution in [-0.2, 0) is 4.65 Å². The molecule has 0 atom stereocenters. The van der Waals surface area contributed by atoms with Gasteiger partial charge in [-0.3, -0.25) is 0 Å². The Kier molecular flexibility index (Phi) is 7.98. The summed E-state index contributed by atoms with van der Waals surface area (Å²) in [5.41, 5.74) is 0.943. The zero-order chi connectivity index (χ0) is 8.81. The van der Waals surface area contributed by atoms with Crippen molar-refractivity contribution in [3.8, 4) is 0 Å². The molecule has 1 aromatic carbocycles. The molecular weight excluding hydrogens is 194 g/mol. The van der Waals surface area contributed by atoms with Crippen molar-refractivity contribution < 1.29 is 14.7 Å². The van der Waals surface area contributed by atoms with E-state index in [2.05, 4.69) is 4.65 Å². The predicted molar refractivity (Wildman–Crippen MR) is 53.9 cm³/mol.